The molecule has 6 heteroatoms. The predicted molar refractivity (Wildman–Crippen MR) is 375 cm³/mol. The van der Waals surface area contributed by atoms with Gasteiger partial charge in [0.2, 0.25) is 0 Å². The van der Waals surface area contributed by atoms with E-state index in [0.717, 1.165) is 105 Å². The largest absolute Gasteiger partial charge is 0.308 e. The number of benzene rings is 12. The molecule has 0 saturated heterocycles. The van der Waals surface area contributed by atoms with E-state index in [9.17, 15) is 5.26 Å². The van der Waals surface area contributed by atoms with Gasteiger partial charge in [0.1, 0.15) is 6.07 Å². The van der Waals surface area contributed by atoms with E-state index in [1.807, 2.05) is 60.7 Å². The first-order chi connectivity index (χ1) is 43.8. The Bertz CT molecular complexity index is 5110. The zero-order valence-corrected chi connectivity index (χ0v) is 51.8. The van der Waals surface area contributed by atoms with Gasteiger partial charge in [-0.05, 0) is 172 Å². The van der Waals surface area contributed by atoms with Crippen molar-refractivity contribution >= 4 is 43.6 Å². The average molecular weight is 1160 g/mol. The number of hydrogen-bond donors (Lipinski definition) is 0. The second-order valence-electron chi connectivity index (χ2n) is 24.7. The topological polar surface area (TPSA) is 72.3 Å². The monoisotopic (exact) mass is 1160 g/mol. The van der Waals surface area contributed by atoms with Crippen LogP contribution in [0.25, 0.3) is 145 Å². The van der Waals surface area contributed by atoms with Gasteiger partial charge in [-0.25, -0.2) is 15.0 Å². The summed E-state index contributed by atoms with van der Waals surface area (Å²) < 4.78 is 4.67. The van der Waals surface area contributed by atoms with E-state index in [4.69, 9.17) is 15.0 Å². The van der Waals surface area contributed by atoms with Gasteiger partial charge in [-0.2, -0.15) is 5.26 Å². The summed E-state index contributed by atoms with van der Waals surface area (Å²) in [5.41, 5.74) is 29.6. The average Bonchev–Trinajstić information content (AvgIpc) is 1.59. The van der Waals surface area contributed by atoms with Crippen molar-refractivity contribution in [3.05, 3.63) is 293 Å². The summed E-state index contributed by atoms with van der Waals surface area (Å²) in [7, 11) is 0. The van der Waals surface area contributed by atoms with Crippen molar-refractivity contribution < 1.29 is 0 Å². The van der Waals surface area contributed by atoms with Gasteiger partial charge in [-0.1, -0.05) is 220 Å². The van der Waals surface area contributed by atoms with Gasteiger partial charge in [-0.3, -0.25) is 0 Å². The van der Waals surface area contributed by atoms with Crippen LogP contribution < -0.4 is 0 Å². The molecule has 0 aliphatic heterocycles. The normalized spacial score (nSPS) is 11.5. The number of hydrogen-bond acceptors (Lipinski definition) is 4. The summed E-state index contributed by atoms with van der Waals surface area (Å²) in [6.45, 7) is 17.3. The third kappa shape index (κ3) is 10.0. The van der Waals surface area contributed by atoms with Crippen LogP contribution in [0.3, 0.4) is 0 Å². The van der Waals surface area contributed by atoms with Crippen LogP contribution in [0.15, 0.2) is 243 Å². The van der Waals surface area contributed by atoms with Crippen molar-refractivity contribution in [2.24, 2.45) is 0 Å². The molecule has 6 nitrogen and oxygen atoms in total. The summed E-state index contributed by atoms with van der Waals surface area (Å²) in [5.74, 6) is 1.62. The van der Waals surface area contributed by atoms with E-state index in [1.54, 1.807) is 0 Å². The number of aromatic nitrogens is 5. The molecule has 0 unspecified atom stereocenters. The molecule has 15 aromatic rings. The molecule has 12 aromatic carbocycles. The maximum Gasteiger partial charge on any atom is 0.166 e. The molecule has 430 valence electrons. The number of nitrogens with zero attached hydrogens (tertiary/aromatic N) is 6. The molecule has 90 heavy (non-hydrogen) atoms. The highest BCUT2D eigenvalue weighted by Gasteiger charge is 2.25. The van der Waals surface area contributed by atoms with Crippen LogP contribution in [0.5, 0.6) is 0 Å². The first-order valence-corrected chi connectivity index (χ1v) is 30.8. The van der Waals surface area contributed by atoms with Crippen LogP contribution in [0.1, 0.15) is 50.1 Å². The molecule has 0 saturated carbocycles. The highest BCUT2D eigenvalue weighted by Crippen LogP contribution is 2.44. The Balaban J connectivity index is 0.986. The molecular formula is C84H64N6. The highest BCUT2D eigenvalue weighted by atomic mass is 15.1. The number of nitriles is 1. The van der Waals surface area contributed by atoms with Crippen LogP contribution >= 0.6 is 0 Å². The summed E-state index contributed by atoms with van der Waals surface area (Å²) >= 11 is 0. The van der Waals surface area contributed by atoms with Crippen molar-refractivity contribution in [2.75, 3.05) is 0 Å². The zero-order chi connectivity index (χ0) is 61.5. The van der Waals surface area contributed by atoms with E-state index >= 15 is 0 Å². The first-order valence-electron chi connectivity index (χ1n) is 30.8. The molecule has 0 amide bonds. The van der Waals surface area contributed by atoms with Crippen molar-refractivity contribution in [1.29, 1.82) is 5.26 Å². The van der Waals surface area contributed by atoms with E-state index in [-0.39, 0.29) is 0 Å². The predicted octanol–water partition coefficient (Wildman–Crippen LogP) is 21.7. The van der Waals surface area contributed by atoms with Crippen molar-refractivity contribution in [3.63, 3.8) is 0 Å². The Hall–Kier alpha value is -11.3. The van der Waals surface area contributed by atoms with Crippen LogP contribution in [-0.2, 0) is 0 Å². The molecule has 0 radical (unpaired) electrons. The lowest BCUT2D eigenvalue weighted by atomic mass is 9.95. The van der Waals surface area contributed by atoms with Gasteiger partial charge in [0, 0.05) is 43.8 Å². The summed E-state index contributed by atoms with van der Waals surface area (Å²) in [6, 6.07) is 90.3. The molecule has 0 spiro atoms. The smallest absolute Gasteiger partial charge is 0.166 e. The quantitative estimate of drug-likeness (QED) is 0.137. The third-order valence-corrected chi connectivity index (χ3v) is 17.6. The minimum Gasteiger partial charge on any atom is -0.308 e. The lowest BCUT2D eigenvalue weighted by Gasteiger charge is -2.18. The second kappa shape index (κ2) is 22.2. The molecule has 0 aliphatic rings. The number of rotatable bonds is 10. The highest BCUT2D eigenvalue weighted by molar-refractivity contribution is 6.13. The molecule has 0 N–H and O–H groups in total. The van der Waals surface area contributed by atoms with Crippen molar-refractivity contribution in [2.45, 2.75) is 55.4 Å². The van der Waals surface area contributed by atoms with Gasteiger partial charge in [0.05, 0.1) is 39.0 Å². The van der Waals surface area contributed by atoms with Crippen LogP contribution in [0, 0.1) is 66.7 Å². The van der Waals surface area contributed by atoms with Gasteiger partial charge < -0.3 is 9.13 Å². The molecule has 0 atom stereocenters. The van der Waals surface area contributed by atoms with Gasteiger partial charge in [0.15, 0.2) is 17.5 Å². The van der Waals surface area contributed by atoms with Gasteiger partial charge in [0.25, 0.3) is 0 Å². The second-order valence-corrected chi connectivity index (χ2v) is 24.7. The minimum atomic E-state index is 0.504. The van der Waals surface area contributed by atoms with Crippen molar-refractivity contribution in [3.8, 4) is 107 Å². The van der Waals surface area contributed by atoms with Gasteiger partial charge in [-0.15, -0.1) is 0 Å². The zero-order valence-electron chi connectivity index (χ0n) is 51.8. The molecule has 3 heterocycles. The third-order valence-electron chi connectivity index (χ3n) is 17.6. The molecule has 3 aromatic heterocycles. The van der Waals surface area contributed by atoms with E-state index in [2.05, 4.69) is 253 Å². The summed E-state index contributed by atoms with van der Waals surface area (Å²) in [6.07, 6.45) is 0. The lowest BCUT2D eigenvalue weighted by Crippen LogP contribution is -2.04. The Kier molecular flexibility index (Phi) is 13.6. The Morgan fingerprint density at radius 1 is 0.256 bits per heavy atom. The molecule has 0 bridgehead atoms. The number of aryl methyl sites for hydroxylation is 8. The van der Waals surface area contributed by atoms with Crippen LogP contribution in [-0.4, -0.2) is 24.1 Å². The Morgan fingerprint density at radius 2 is 0.589 bits per heavy atom. The molecule has 0 aliphatic carbocycles. The molecule has 15 rings (SSSR count). The SMILES string of the molecule is Cc1cc(C)cc(-c2ccc3c(c2)c2cc(-c4cc(C)cc(C)c4)ccc2n3-c2ccc(-c3cccc(-n4c5ccc(-c6cc(C)cc(C)c6)cc5c5cc(-c6cc(C)cc(C)c6)ccc54)c3C#N)cc2-c2nc(-c3ccccc3)nc(-c3ccccc3)n2)c1. The molecular weight excluding hydrogens is 1090 g/mol. The van der Waals surface area contributed by atoms with Gasteiger partial charge >= 0.3 is 0 Å². The fraction of sp³-hybridized carbons (Fsp3) is 0.0952. The maximum atomic E-state index is 11.8. The van der Waals surface area contributed by atoms with E-state index < -0.39 is 0 Å². The fourth-order valence-corrected chi connectivity index (χ4v) is 13.9. The van der Waals surface area contributed by atoms with E-state index in [0.29, 0.717) is 23.0 Å². The Labute approximate surface area is 525 Å². The standard InChI is InChI=1S/C84H64N6/c1-50-32-51(2)37-65(36-50)60-22-27-77-70(44-60)71-45-61(66-38-52(3)33-53(4)39-66)23-28-78(71)89(77)76-21-15-20-69(75(76)49-85)64-26-31-81(74(48-64)84-87-82(58-16-11-9-12-17-58)86-83(88-84)59-18-13-10-14-19-59)90-79-29-24-62(67-40-54(5)34-55(6)41-67)46-72(79)73-47-63(25-30-80(73)90)68-42-56(7)35-57(8)43-68/h9-48H,1-8H3. The maximum absolute atomic E-state index is 11.8. The summed E-state index contributed by atoms with van der Waals surface area (Å²) in [5, 5.41) is 16.3. The number of fused-ring (bicyclic) bond motifs is 6. The minimum absolute atomic E-state index is 0.504. The van der Waals surface area contributed by atoms with E-state index in [1.165, 1.54) is 66.8 Å². The summed E-state index contributed by atoms with van der Waals surface area (Å²) in [4.78, 5) is 16.1. The fourth-order valence-electron chi connectivity index (χ4n) is 13.9. The molecule has 0 fully saturated rings. The Morgan fingerprint density at radius 3 is 0.944 bits per heavy atom. The van der Waals surface area contributed by atoms with Crippen LogP contribution in [0.2, 0.25) is 0 Å². The van der Waals surface area contributed by atoms with Crippen LogP contribution in [0.4, 0.5) is 0 Å². The lowest BCUT2D eigenvalue weighted by molar-refractivity contribution is 1.06. The first kappa shape index (κ1) is 55.3. The van der Waals surface area contributed by atoms with Crippen molar-refractivity contribution in [1.82, 2.24) is 24.1 Å².